The molecule has 0 radical (unpaired) electrons. The molecule has 7 nitrogen and oxygen atoms in total. The molecule has 1 aliphatic heterocycles. The van der Waals surface area contributed by atoms with Crippen LogP contribution in [0.4, 0.5) is 4.39 Å². The number of hydrogen-bond donors (Lipinski definition) is 1. The smallest absolute Gasteiger partial charge is 0.225 e. The van der Waals surface area contributed by atoms with Crippen LogP contribution in [0.1, 0.15) is 36.7 Å². The highest BCUT2D eigenvalue weighted by Gasteiger charge is 2.38. The Kier molecular flexibility index (Phi) is 5.74. The number of carbonyl (C=O) groups excluding carboxylic acids is 2. The Hall–Kier alpha value is -3.29. The minimum atomic E-state index is -0.396. The third kappa shape index (κ3) is 4.03. The number of nitrogens with one attached hydrogen (secondary N) is 1. The van der Waals surface area contributed by atoms with Crippen molar-refractivity contribution in [1.82, 2.24) is 24.8 Å². The average Bonchev–Trinajstić information content (AvgIpc) is 3.17. The zero-order valence-corrected chi connectivity index (χ0v) is 16.8. The lowest BCUT2D eigenvalue weighted by Gasteiger charge is -2.38. The fourth-order valence-corrected chi connectivity index (χ4v) is 4.08. The number of pyridine rings is 1. The van der Waals surface area contributed by atoms with E-state index in [1.807, 2.05) is 28.8 Å². The maximum Gasteiger partial charge on any atom is 0.225 e. The first-order valence-corrected chi connectivity index (χ1v) is 10.1. The monoisotopic (exact) mass is 409 g/mol. The number of rotatable bonds is 6. The molecule has 0 spiro atoms. The molecule has 1 aliphatic rings. The van der Waals surface area contributed by atoms with Crippen LogP contribution in [0.2, 0.25) is 0 Å². The first-order valence-electron chi connectivity index (χ1n) is 10.1. The summed E-state index contributed by atoms with van der Waals surface area (Å²) >= 11 is 0. The van der Waals surface area contributed by atoms with E-state index in [-0.39, 0.29) is 23.5 Å². The summed E-state index contributed by atoms with van der Waals surface area (Å²) in [7, 11) is 1.70. The van der Waals surface area contributed by atoms with E-state index in [9.17, 15) is 14.0 Å². The molecule has 2 unspecified atom stereocenters. The van der Waals surface area contributed by atoms with Gasteiger partial charge in [-0.3, -0.25) is 14.0 Å². The van der Waals surface area contributed by atoms with E-state index in [0.717, 1.165) is 23.5 Å². The maximum atomic E-state index is 13.3. The SMILES string of the molecule is CN1C(=O)CCC(C(=O)NCCCc2nnc3ccccn23)C1c1ccc(F)cc1. The second-order valence-corrected chi connectivity index (χ2v) is 7.59. The Labute approximate surface area is 173 Å². The number of carbonyl (C=O) groups is 2. The van der Waals surface area contributed by atoms with Crippen molar-refractivity contribution in [3.05, 3.63) is 65.9 Å². The van der Waals surface area contributed by atoms with Crippen LogP contribution in [0.25, 0.3) is 5.65 Å². The summed E-state index contributed by atoms with van der Waals surface area (Å²) in [6.07, 6.45) is 4.15. The van der Waals surface area contributed by atoms with Gasteiger partial charge in [0.05, 0.1) is 12.0 Å². The highest BCUT2D eigenvalue weighted by Crippen LogP contribution is 2.35. The summed E-state index contributed by atoms with van der Waals surface area (Å²) in [6, 6.07) is 11.4. The van der Waals surface area contributed by atoms with Gasteiger partial charge in [-0.25, -0.2) is 4.39 Å². The summed E-state index contributed by atoms with van der Waals surface area (Å²) in [5.74, 6) is 0.0477. The lowest BCUT2D eigenvalue weighted by atomic mass is 9.84. The molecular weight excluding hydrogens is 385 g/mol. The van der Waals surface area contributed by atoms with Crippen LogP contribution in [0.5, 0.6) is 0 Å². The van der Waals surface area contributed by atoms with Gasteiger partial charge in [0.25, 0.3) is 0 Å². The highest BCUT2D eigenvalue weighted by atomic mass is 19.1. The van der Waals surface area contributed by atoms with E-state index in [4.69, 9.17) is 0 Å². The van der Waals surface area contributed by atoms with Gasteiger partial charge in [-0.15, -0.1) is 10.2 Å². The van der Waals surface area contributed by atoms with Gasteiger partial charge in [0.2, 0.25) is 11.8 Å². The number of fused-ring (bicyclic) bond motifs is 1. The Morgan fingerprint density at radius 1 is 1.20 bits per heavy atom. The third-order valence-electron chi connectivity index (χ3n) is 5.67. The second-order valence-electron chi connectivity index (χ2n) is 7.59. The molecule has 2 aromatic heterocycles. The van der Waals surface area contributed by atoms with Crippen LogP contribution in [0, 0.1) is 11.7 Å². The normalized spacial score (nSPS) is 19.3. The molecule has 3 aromatic rings. The van der Waals surface area contributed by atoms with Gasteiger partial charge in [0, 0.05) is 32.6 Å². The van der Waals surface area contributed by atoms with Gasteiger partial charge in [-0.2, -0.15) is 0 Å². The number of aromatic nitrogens is 3. The fourth-order valence-electron chi connectivity index (χ4n) is 4.08. The molecular formula is C22H24FN5O2. The number of likely N-dealkylation sites (tertiary alicyclic amines) is 1. The van der Waals surface area contributed by atoms with Gasteiger partial charge in [0.15, 0.2) is 5.65 Å². The summed E-state index contributed by atoms with van der Waals surface area (Å²) in [4.78, 5) is 26.7. The van der Waals surface area contributed by atoms with E-state index in [0.29, 0.717) is 25.8 Å². The Morgan fingerprint density at radius 3 is 2.80 bits per heavy atom. The molecule has 1 fully saturated rings. The molecule has 4 rings (SSSR count). The molecule has 1 aromatic carbocycles. The van der Waals surface area contributed by atoms with Crippen molar-refractivity contribution in [2.24, 2.45) is 5.92 Å². The lowest BCUT2D eigenvalue weighted by molar-refractivity contribution is -0.141. The van der Waals surface area contributed by atoms with Crippen LogP contribution in [-0.2, 0) is 16.0 Å². The Bertz CT molecular complexity index is 1050. The topological polar surface area (TPSA) is 79.6 Å². The number of piperidine rings is 1. The number of amides is 2. The van der Waals surface area contributed by atoms with E-state index < -0.39 is 6.04 Å². The van der Waals surface area contributed by atoms with Gasteiger partial charge in [-0.1, -0.05) is 18.2 Å². The number of aryl methyl sites for hydroxylation is 1. The Balaban J connectivity index is 1.38. The number of halogens is 1. The lowest BCUT2D eigenvalue weighted by Crippen LogP contribution is -2.46. The summed E-state index contributed by atoms with van der Waals surface area (Å²) in [6.45, 7) is 0.505. The first-order chi connectivity index (χ1) is 14.5. The molecule has 0 saturated carbocycles. The average molecular weight is 409 g/mol. The molecule has 2 amide bonds. The quantitative estimate of drug-likeness (QED) is 0.635. The number of nitrogens with zero attached hydrogens (tertiary/aromatic N) is 4. The van der Waals surface area contributed by atoms with Gasteiger partial charge in [0.1, 0.15) is 11.6 Å². The predicted octanol–water partition coefficient (Wildman–Crippen LogP) is 2.53. The minimum Gasteiger partial charge on any atom is -0.356 e. The molecule has 2 atom stereocenters. The van der Waals surface area contributed by atoms with Crippen molar-refractivity contribution in [2.75, 3.05) is 13.6 Å². The van der Waals surface area contributed by atoms with Crippen molar-refractivity contribution in [3.63, 3.8) is 0 Å². The zero-order chi connectivity index (χ0) is 21.1. The molecule has 0 bridgehead atoms. The van der Waals surface area contributed by atoms with E-state index in [2.05, 4.69) is 15.5 Å². The molecule has 3 heterocycles. The second kappa shape index (κ2) is 8.61. The zero-order valence-electron chi connectivity index (χ0n) is 16.8. The number of hydrogen-bond acceptors (Lipinski definition) is 4. The maximum absolute atomic E-state index is 13.3. The standard InChI is InChI=1S/C22H24FN5O2/c1-27-20(29)12-11-17(21(27)15-7-9-16(23)10-8-15)22(30)24-13-4-6-19-26-25-18-5-2-3-14-28(18)19/h2-3,5,7-10,14,17,21H,4,6,11-13H2,1H3,(H,24,30). The summed E-state index contributed by atoms with van der Waals surface area (Å²) in [5.41, 5.74) is 1.57. The first kappa shape index (κ1) is 20.0. The van der Waals surface area contributed by atoms with Gasteiger partial charge in [-0.05, 0) is 42.7 Å². The highest BCUT2D eigenvalue weighted by molar-refractivity contribution is 5.84. The van der Waals surface area contributed by atoms with Crippen molar-refractivity contribution in [2.45, 2.75) is 31.7 Å². The van der Waals surface area contributed by atoms with E-state index >= 15 is 0 Å². The van der Waals surface area contributed by atoms with Gasteiger partial charge < -0.3 is 10.2 Å². The number of benzene rings is 1. The van der Waals surface area contributed by atoms with Crippen LogP contribution in [0.15, 0.2) is 48.7 Å². The molecule has 30 heavy (non-hydrogen) atoms. The van der Waals surface area contributed by atoms with Crippen LogP contribution >= 0.6 is 0 Å². The van der Waals surface area contributed by atoms with Crippen molar-refractivity contribution in [3.8, 4) is 0 Å². The molecule has 0 aliphatic carbocycles. The fraction of sp³-hybridized carbons (Fsp3) is 0.364. The molecule has 156 valence electrons. The van der Waals surface area contributed by atoms with Gasteiger partial charge >= 0.3 is 0 Å². The minimum absolute atomic E-state index is 0.00735. The summed E-state index contributed by atoms with van der Waals surface area (Å²) < 4.78 is 15.3. The van der Waals surface area contributed by atoms with Crippen molar-refractivity contribution in [1.29, 1.82) is 0 Å². The third-order valence-corrected chi connectivity index (χ3v) is 5.67. The van der Waals surface area contributed by atoms with Crippen molar-refractivity contribution >= 4 is 17.5 Å². The van der Waals surface area contributed by atoms with Crippen LogP contribution < -0.4 is 5.32 Å². The Morgan fingerprint density at radius 2 is 2.00 bits per heavy atom. The van der Waals surface area contributed by atoms with Crippen molar-refractivity contribution < 1.29 is 14.0 Å². The van der Waals surface area contributed by atoms with Crippen LogP contribution in [-0.4, -0.2) is 44.9 Å². The van der Waals surface area contributed by atoms with E-state index in [1.54, 1.807) is 24.1 Å². The van der Waals surface area contributed by atoms with Crippen LogP contribution in [0.3, 0.4) is 0 Å². The molecule has 1 saturated heterocycles. The molecule has 1 N–H and O–H groups in total. The largest absolute Gasteiger partial charge is 0.356 e. The predicted molar refractivity (Wildman–Crippen MR) is 109 cm³/mol. The summed E-state index contributed by atoms with van der Waals surface area (Å²) in [5, 5.41) is 11.3. The van der Waals surface area contributed by atoms with E-state index in [1.165, 1.54) is 12.1 Å². The molecule has 8 heteroatoms.